The molecule has 18 heavy (non-hydrogen) atoms. The number of likely N-dealkylation sites (N-methyl/N-ethyl adjacent to an activating group) is 1. The molecular formula is C9H13F3N4O2. The Morgan fingerprint density at radius 3 is 2.67 bits per heavy atom. The number of carboxylic acid groups (broad SMARTS) is 1. The van der Waals surface area contributed by atoms with E-state index in [0.29, 0.717) is 6.54 Å². The Morgan fingerprint density at radius 2 is 2.17 bits per heavy atom. The van der Waals surface area contributed by atoms with Crippen molar-refractivity contribution in [1.82, 2.24) is 19.9 Å². The Hall–Kier alpha value is -1.64. The van der Waals surface area contributed by atoms with Crippen LogP contribution < -0.4 is 0 Å². The highest BCUT2D eigenvalue weighted by molar-refractivity contribution is 5.84. The molecular weight excluding hydrogens is 253 g/mol. The Labute approximate surface area is 101 Å². The number of carboxylic acids is 1. The summed E-state index contributed by atoms with van der Waals surface area (Å²) in [7, 11) is 1.56. The van der Waals surface area contributed by atoms with Gasteiger partial charge in [0.05, 0.1) is 19.2 Å². The molecule has 0 amide bonds. The molecule has 0 fully saturated rings. The zero-order valence-electron chi connectivity index (χ0n) is 9.68. The molecule has 0 aliphatic rings. The van der Waals surface area contributed by atoms with Crippen molar-refractivity contribution in [2.45, 2.75) is 19.1 Å². The van der Waals surface area contributed by atoms with E-state index >= 15 is 0 Å². The maximum atomic E-state index is 12.0. The first-order valence-corrected chi connectivity index (χ1v) is 5.16. The highest BCUT2D eigenvalue weighted by atomic mass is 19.4. The summed E-state index contributed by atoms with van der Waals surface area (Å²) < 4.78 is 37.1. The number of carbonyl (C=O) groups is 1. The van der Waals surface area contributed by atoms with E-state index in [1.165, 1.54) is 15.8 Å². The lowest BCUT2D eigenvalue weighted by Gasteiger charge is -2.17. The van der Waals surface area contributed by atoms with Gasteiger partial charge in [-0.1, -0.05) is 5.21 Å². The van der Waals surface area contributed by atoms with Gasteiger partial charge < -0.3 is 10.0 Å². The second kappa shape index (κ2) is 5.80. The van der Waals surface area contributed by atoms with E-state index in [-0.39, 0.29) is 18.8 Å². The van der Waals surface area contributed by atoms with Crippen LogP contribution in [-0.4, -0.2) is 57.3 Å². The molecule has 0 bridgehead atoms. The van der Waals surface area contributed by atoms with Crippen LogP contribution in [0.1, 0.15) is 16.9 Å². The van der Waals surface area contributed by atoms with Crippen LogP contribution in [0.4, 0.5) is 13.2 Å². The second-order valence-electron chi connectivity index (χ2n) is 3.84. The lowest BCUT2D eigenvalue weighted by molar-refractivity contribution is -0.137. The van der Waals surface area contributed by atoms with Crippen molar-refractivity contribution in [3.8, 4) is 0 Å². The third-order valence-corrected chi connectivity index (χ3v) is 2.25. The molecule has 0 saturated heterocycles. The van der Waals surface area contributed by atoms with E-state index in [2.05, 4.69) is 10.3 Å². The van der Waals surface area contributed by atoms with E-state index < -0.39 is 18.6 Å². The van der Waals surface area contributed by atoms with Gasteiger partial charge in [-0.25, -0.2) is 4.79 Å². The van der Waals surface area contributed by atoms with Crippen LogP contribution in [0.5, 0.6) is 0 Å². The first kappa shape index (κ1) is 14.4. The average Bonchev–Trinajstić information content (AvgIpc) is 2.71. The minimum Gasteiger partial charge on any atom is -0.476 e. The first-order valence-electron chi connectivity index (χ1n) is 5.16. The van der Waals surface area contributed by atoms with Gasteiger partial charge in [-0.05, 0) is 7.05 Å². The first-order chi connectivity index (χ1) is 8.28. The molecule has 1 N–H and O–H groups in total. The summed E-state index contributed by atoms with van der Waals surface area (Å²) in [4.78, 5) is 12.0. The Bertz CT molecular complexity index is 405. The molecule has 0 spiro atoms. The van der Waals surface area contributed by atoms with Gasteiger partial charge in [0.15, 0.2) is 5.69 Å². The maximum absolute atomic E-state index is 12.0. The number of nitrogens with zero attached hydrogens (tertiary/aromatic N) is 4. The van der Waals surface area contributed by atoms with Crippen LogP contribution in [0.2, 0.25) is 0 Å². The number of halogens is 3. The number of hydrogen-bond acceptors (Lipinski definition) is 4. The minimum absolute atomic E-state index is 0.107. The molecule has 0 unspecified atom stereocenters. The van der Waals surface area contributed by atoms with Crippen LogP contribution in [0, 0.1) is 0 Å². The number of alkyl halides is 3. The summed E-state index contributed by atoms with van der Waals surface area (Å²) in [5, 5.41) is 15.5. The van der Waals surface area contributed by atoms with Crippen LogP contribution >= 0.6 is 0 Å². The van der Waals surface area contributed by atoms with E-state index in [1.54, 1.807) is 7.05 Å². The molecule has 0 atom stereocenters. The van der Waals surface area contributed by atoms with Crippen molar-refractivity contribution in [3.05, 3.63) is 11.9 Å². The van der Waals surface area contributed by atoms with Crippen molar-refractivity contribution in [2.75, 3.05) is 20.1 Å². The van der Waals surface area contributed by atoms with Gasteiger partial charge in [0.25, 0.3) is 0 Å². The number of aromatic nitrogens is 3. The van der Waals surface area contributed by atoms with Crippen molar-refractivity contribution >= 4 is 5.97 Å². The van der Waals surface area contributed by atoms with Crippen molar-refractivity contribution in [3.63, 3.8) is 0 Å². The zero-order chi connectivity index (χ0) is 13.8. The smallest absolute Gasteiger partial charge is 0.390 e. The topological polar surface area (TPSA) is 71.2 Å². The Balaban J connectivity index is 2.33. The van der Waals surface area contributed by atoms with Gasteiger partial charge in [0, 0.05) is 13.1 Å². The molecule has 1 aromatic heterocycles. The van der Waals surface area contributed by atoms with E-state index in [4.69, 9.17) is 5.11 Å². The van der Waals surface area contributed by atoms with Crippen molar-refractivity contribution in [2.24, 2.45) is 0 Å². The van der Waals surface area contributed by atoms with Gasteiger partial charge in [-0.15, -0.1) is 5.10 Å². The molecule has 0 saturated carbocycles. The predicted molar refractivity (Wildman–Crippen MR) is 55.2 cm³/mol. The highest BCUT2D eigenvalue weighted by Gasteiger charge is 2.26. The lowest BCUT2D eigenvalue weighted by atomic mass is 10.4. The van der Waals surface area contributed by atoms with E-state index in [9.17, 15) is 18.0 Å². The molecule has 0 aliphatic heterocycles. The lowest BCUT2D eigenvalue weighted by Crippen LogP contribution is -2.27. The second-order valence-corrected chi connectivity index (χ2v) is 3.84. The van der Waals surface area contributed by atoms with E-state index in [0.717, 1.165) is 0 Å². The average molecular weight is 266 g/mol. The normalized spacial score (nSPS) is 12.1. The van der Waals surface area contributed by atoms with Crippen molar-refractivity contribution in [1.29, 1.82) is 0 Å². The predicted octanol–water partition coefficient (Wildman–Crippen LogP) is 0.860. The zero-order valence-corrected chi connectivity index (χ0v) is 9.68. The molecule has 0 radical (unpaired) electrons. The van der Waals surface area contributed by atoms with Gasteiger partial charge in [0.1, 0.15) is 0 Å². The van der Waals surface area contributed by atoms with Crippen molar-refractivity contribution < 1.29 is 23.1 Å². The summed E-state index contributed by atoms with van der Waals surface area (Å²) in [6.07, 6.45) is -3.81. The molecule has 1 aromatic rings. The van der Waals surface area contributed by atoms with E-state index in [1.807, 2.05) is 0 Å². The third-order valence-electron chi connectivity index (χ3n) is 2.25. The summed E-state index contributed by atoms with van der Waals surface area (Å²) >= 11 is 0. The fourth-order valence-electron chi connectivity index (χ4n) is 1.21. The quantitative estimate of drug-likeness (QED) is 0.826. The minimum atomic E-state index is -4.17. The monoisotopic (exact) mass is 266 g/mol. The summed E-state index contributed by atoms with van der Waals surface area (Å²) in [6, 6.07) is 0. The Kier molecular flexibility index (Phi) is 4.65. The van der Waals surface area contributed by atoms with Gasteiger partial charge in [-0.3, -0.25) is 4.68 Å². The molecule has 1 rings (SSSR count). The van der Waals surface area contributed by atoms with Gasteiger partial charge >= 0.3 is 12.1 Å². The Morgan fingerprint density at radius 1 is 1.50 bits per heavy atom. The van der Waals surface area contributed by atoms with Crippen LogP contribution in [0.15, 0.2) is 6.20 Å². The van der Waals surface area contributed by atoms with Gasteiger partial charge in [0.2, 0.25) is 0 Å². The van der Waals surface area contributed by atoms with Crippen LogP contribution in [0.25, 0.3) is 0 Å². The highest BCUT2D eigenvalue weighted by Crippen LogP contribution is 2.19. The number of hydrogen-bond donors (Lipinski definition) is 1. The van der Waals surface area contributed by atoms with Crippen LogP contribution in [0.3, 0.4) is 0 Å². The maximum Gasteiger partial charge on any atom is 0.390 e. The largest absolute Gasteiger partial charge is 0.476 e. The summed E-state index contributed by atoms with van der Waals surface area (Å²) in [5.74, 6) is -1.19. The fourth-order valence-corrected chi connectivity index (χ4v) is 1.21. The fraction of sp³-hybridized carbons (Fsp3) is 0.667. The molecule has 102 valence electrons. The number of aromatic carboxylic acids is 1. The molecule has 9 heteroatoms. The molecule has 6 nitrogen and oxygen atoms in total. The molecule has 0 aliphatic carbocycles. The molecule has 0 aromatic carbocycles. The SMILES string of the molecule is CN(CCn1cc(C(=O)O)nn1)CCC(F)(F)F. The van der Waals surface area contributed by atoms with Gasteiger partial charge in [-0.2, -0.15) is 13.2 Å². The summed E-state index contributed by atoms with van der Waals surface area (Å²) in [5.41, 5.74) is -0.187. The standard InChI is InChI=1S/C9H13F3N4O2/c1-15(3-2-9(10,11)12)4-5-16-6-7(8(17)18)13-14-16/h6H,2-5H2,1H3,(H,17,18). The summed E-state index contributed by atoms with van der Waals surface area (Å²) in [6.45, 7) is 0.511. The third kappa shape index (κ3) is 5.13. The molecule has 1 heterocycles. The van der Waals surface area contributed by atoms with Crippen LogP contribution in [-0.2, 0) is 6.54 Å². The number of rotatable bonds is 6.